The lowest BCUT2D eigenvalue weighted by molar-refractivity contribution is 0.150. The maximum atomic E-state index is 6.03. The van der Waals surface area contributed by atoms with Crippen LogP contribution in [-0.4, -0.2) is 28.9 Å². The Morgan fingerprint density at radius 1 is 1.55 bits per heavy atom. The van der Waals surface area contributed by atoms with Crippen molar-refractivity contribution in [2.24, 2.45) is 0 Å². The lowest BCUT2D eigenvalue weighted by Crippen LogP contribution is -2.41. The smallest absolute Gasteiger partial charge is 0.0475 e. The Bertz CT molecular complexity index is 134. The quantitative estimate of drug-likeness (QED) is 0.583. The fourth-order valence-electron chi connectivity index (χ4n) is 1.49. The number of rotatable bonds is 2. The Hall–Kier alpha value is 0.250. The molecule has 0 unspecified atom stereocenters. The van der Waals surface area contributed by atoms with Gasteiger partial charge >= 0.3 is 0 Å². The van der Waals surface area contributed by atoms with Crippen LogP contribution in [0.3, 0.4) is 0 Å². The van der Waals surface area contributed by atoms with Crippen LogP contribution in [0.2, 0.25) is 0 Å². The van der Waals surface area contributed by atoms with Gasteiger partial charge in [0.1, 0.15) is 0 Å². The van der Waals surface area contributed by atoms with Gasteiger partial charge in [0.05, 0.1) is 0 Å². The van der Waals surface area contributed by atoms with Crippen LogP contribution in [0.5, 0.6) is 0 Å². The molecule has 1 atom stereocenters. The van der Waals surface area contributed by atoms with Crippen molar-refractivity contribution in [1.82, 2.24) is 4.90 Å². The third kappa shape index (κ3) is 2.09. The van der Waals surface area contributed by atoms with Gasteiger partial charge in [0.2, 0.25) is 0 Å². The molecular formula is C9H18ClN. The van der Waals surface area contributed by atoms with Crippen molar-refractivity contribution < 1.29 is 0 Å². The summed E-state index contributed by atoms with van der Waals surface area (Å²) in [6.07, 6.45) is 2.36. The molecule has 0 N–H and O–H groups in total. The number of nitrogens with zero attached hydrogens (tertiary/aromatic N) is 1. The summed E-state index contributed by atoms with van der Waals surface area (Å²) >= 11 is 6.03. The minimum atomic E-state index is 0.351. The summed E-state index contributed by atoms with van der Waals surface area (Å²) < 4.78 is 0. The lowest BCUT2D eigenvalue weighted by Gasteiger charge is -2.34. The van der Waals surface area contributed by atoms with Gasteiger partial charge in [-0.25, -0.2) is 0 Å². The highest BCUT2D eigenvalue weighted by Gasteiger charge is 2.30. The largest absolute Gasteiger partial charge is 0.297 e. The van der Waals surface area contributed by atoms with Crippen molar-refractivity contribution in [1.29, 1.82) is 0 Å². The van der Waals surface area contributed by atoms with Crippen LogP contribution in [0.1, 0.15) is 33.6 Å². The average molecular weight is 176 g/mol. The first-order chi connectivity index (χ1) is 5.06. The Labute approximate surface area is 74.7 Å². The molecule has 0 aromatic carbocycles. The molecule has 1 fully saturated rings. The first kappa shape index (κ1) is 9.34. The molecule has 1 heterocycles. The summed E-state index contributed by atoms with van der Waals surface area (Å²) in [6.45, 7) is 9.07. The van der Waals surface area contributed by atoms with E-state index in [-0.39, 0.29) is 0 Å². The maximum absolute atomic E-state index is 6.03. The van der Waals surface area contributed by atoms with E-state index in [2.05, 4.69) is 25.7 Å². The maximum Gasteiger partial charge on any atom is 0.0475 e. The van der Waals surface area contributed by atoms with E-state index >= 15 is 0 Å². The minimum Gasteiger partial charge on any atom is -0.297 e. The van der Waals surface area contributed by atoms with Gasteiger partial charge in [-0.3, -0.25) is 4.90 Å². The van der Waals surface area contributed by atoms with Crippen LogP contribution in [0.4, 0.5) is 0 Å². The van der Waals surface area contributed by atoms with Crippen molar-refractivity contribution in [2.45, 2.75) is 44.5 Å². The molecule has 66 valence electrons. The molecular weight excluding hydrogens is 158 g/mol. The zero-order chi connectivity index (χ0) is 8.48. The molecule has 0 aromatic rings. The Morgan fingerprint density at radius 2 is 2.18 bits per heavy atom. The average Bonchev–Trinajstić information content (AvgIpc) is 2.36. The van der Waals surface area contributed by atoms with Gasteiger partial charge in [-0.2, -0.15) is 0 Å². The van der Waals surface area contributed by atoms with E-state index in [1.807, 2.05) is 0 Å². The summed E-state index contributed by atoms with van der Waals surface area (Å²) in [7, 11) is 0. The topological polar surface area (TPSA) is 3.24 Å². The van der Waals surface area contributed by atoms with E-state index < -0.39 is 0 Å². The summed E-state index contributed by atoms with van der Waals surface area (Å²) in [5.74, 6) is 0. The van der Waals surface area contributed by atoms with Gasteiger partial charge in [0, 0.05) is 24.0 Å². The van der Waals surface area contributed by atoms with Crippen LogP contribution in [-0.2, 0) is 0 Å². The molecule has 1 saturated heterocycles. The van der Waals surface area contributed by atoms with E-state index in [0.717, 1.165) is 13.0 Å². The predicted molar refractivity (Wildman–Crippen MR) is 50.2 cm³/mol. The van der Waals surface area contributed by atoms with Gasteiger partial charge in [-0.05, 0) is 26.7 Å². The highest BCUT2D eigenvalue weighted by molar-refractivity contribution is 6.20. The summed E-state index contributed by atoms with van der Waals surface area (Å²) in [5.41, 5.74) is 0.351. The Morgan fingerprint density at radius 3 is 2.55 bits per heavy atom. The van der Waals surface area contributed by atoms with Gasteiger partial charge in [-0.1, -0.05) is 6.92 Å². The molecule has 0 bridgehead atoms. The van der Waals surface area contributed by atoms with E-state index in [0.29, 0.717) is 10.9 Å². The summed E-state index contributed by atoms with van der Waals surface area (Å²) in [4.78, 5) is 2.49. The molecule has 1 nitrogen and oxygen atoms in total. The molecule has 0 amide bonds. The predicted octanol–water partition coefficient (Wildman–Crippen LogP) is 2.49. The highest BCUT2D eigenvalue weighted by Crippen LogP contribution is 2.25. The van der Waals surface area contributed by atoms with Gasteiger partial charge in [0.15, 0.2) is 0 Å². The van der Waals surface area contributed by atoms with Crippen LogP contribution in [0.15, 0.2) is 0 Å². The van der Waals surface area contributed by atoms with Gasteiger partial charge < -0.3 is 0 Å². The summed E-state index contributed by atoms with van der Waals surface area (Å²) in [5, 5.41) is 0.390. The zero-order valence-corrected chi connectivity index (χ0v) is 8.49. The first-order valence-corrected chi connectivity index (χ1v) is 4.89. The SMILES string of the molecule is CCC(C)(C)N1CC[C@@H](Cl)C1. The van der Waals surface area contributed by atoms with E-state index in [9.17, 15) is 0 Å². The van der Waals surface area contributed by atoms with E-state index in [1.54, 1.807) is 0 Å². The van der Waals surface area contributed by atoms with Crippen molar-refractivity contribution >= 4 is 11.6 Å². The number of hydrogen-bond acceptors (Lipinski definition) is 1. The lowest BCUT2D eigenvalue weighted by atomic mass is 10.0. The van der Waals surface area contributed by atoms with Crippen molar-refractivity contribution in [3.05, 3.63) is 0 Å². The number of hydrogen-bond donors (Lipinski definition) is 0. The Kier molecular flexibility index (Phi) is 2.82. The fraction of sp³-hybridized carbons (Fsp3) is 1.00. The number of halogens is 1. The highest BCUT2D eigenvalue weighted by atomic mass is 35.5. The second-order valence-corrected chi connectivity index (χ2v) is 4.62. The molecule has 1 rings (SSSR count). The molecule has 11 heavy (non-hydrogen) atoms. The fourth-order valence-corrected chi connectivity index (χ4v) is 1.76. The molecule has 0 radical (unpaired) electrons. The summed E-state index contributed by atoms with van der Waals surface area (Å²) in [6, 6.07) is 0. The van der Waals surface area contributed by atoms with Crippen molar-refractivity contribution in [3.63, 3.8) is 0 Å². The van der Waals surface area contributed by atoms with Gasteiger partial charge in [0.25, 0.3) is 0 Å². The molecule has 0 aromatic heterocycles. The third-order valence-corrected chi connectivity index (χ3v) is 3.21. The number of alkyl halides is 1. The third-order valence-electron chi connectivity index (χ3n) is 2.85. The molecule has 2 heteroatoms. The molecule has 0 saturated carbocycles. The second-order valence-electron chi connectivity index (χ2n) is 4.00. The van der Waals surface area contributed by atoms with E-state index in [1.165, 1.54) is 13.0 Å². The normalized spacial score (nSPS) is 27.8. The van der Waals surface area contributed by atoms with Crippen LogP contribution in [0, 0.1) is 0 Å². The number of likely N-dealkylation sites (tertiary alicyclic amines) is 1. The molecule has 0 aliphatic carbocycles. The standard InChI is InChI=1S/C9H18ClN/c1-4-9(2,3)11-6-5-8(10)7-11/h8H,4-7H2,1-3H3/t8-/m1/s1. The van der Waals surface area contributed by atoms with Crippen LogP contribution < -0.4 is 0 Å². The zero-order valence-electron chi connectivity index (χ0n) is 7.73. The van der Waals surface area contributed by atoms with Gasteiger partial charge in [-0.15, -0.1) is 11.6 Å². The monoisotopic (exact) mass is 175 g/mol. The molecule has 0 spiro atoms. The molecule has 1 aliphatic rings. The van der Waals surface area contributed by atoms with Crippen LogP contribution in [0.25, 0.3) is 0 Å². The molecule has 1 aliphatic heterocycles. The van der Waals surface area contributed by atoms with E-state index in [4.69, 9.17) is 11.6 Å². The van der Waals surface area contributed by atoms with Crippen LogP contribution >= 0.6 is 11.6 Å². The minimum absolute atomic E-state index is 0.351. The second kappa shape index (κ2) is 3.32. The first-order valence-electron chi connectivity index (χ1n) is 4.45. The van der Waals surface area contributed by atoms with Crippen molar-refractivity contribution in [2.75, 3.05) is 13.1 Å². The van der Waals surface area contributed by atoms with Crippen molar-refractivity contribution in [3.8, 4) is 0 Å². The Balaban J connectivity index is 2.48.